The molecule has 2 aliphatic rings. The van der Waals surface area contributed by atoms with Crippen molar-refractivity contribution in [3.63, 3.8) is 0 Å². The summed E-state index contributed by atoms with van der Waals surface area (Å²) in [6, 6.07) is 11.8. The van der Waals surface area contributed by atoms with Crippen LogP contribution in [0.5, 0.6) is 5.75 Å². The summed E-state index contributed by atoms with van der Waals surface area (Å²) in [5.41, 5.74) is 1.28. The van der Waals surface area contributed by atoms with Crippen LogP contribution in [0.25, 0.3) is 0 Å². The predicted octanol–water partition coefficient (Wildman–Crippen LogP) is 1.30. The normalized spacial score (nSPS) is 19.2. The molecular formula is C24H22N4O5. The van der Waals surface area contributed by atoms with E-state index in [1.807, 2.05) is 18.2 Å². The molecule has 1 saturated heterocycles. The molecule has 0 aromatic heterocycles. The summed E-state index contributed by atoms with van der Waals surface area (Å²) < 4.78 is 10.1. The molecule has 9 nitrogen and oxygen atoms in total. The Kier molecular flexibility index (Phi) is 6.11. The Bertz CT molecular complexity index is 1200. The minimum atomic E-state index is -1.56. The van der Waals surface area contributed by atoms with Gasteiger partial charge < -0.3 is 19.7 Å². The molecule has 0 aliphatic carbocycles. The van der Waals surface area contributed by atoms with E-state index in [0.717, 1.165) is 11.1 Å². The summed E-state index contributed by atoms with van der Waals surface area (Å²) >= 11 is 0. The minimum Gasteiger partial charge on any atom is -0.497 e. The zero-order chi connectivity index (χ0) is 23.4. The number of hydrogen-bond donors (Lipinski definition) is 2. The molecule has 9 heteroatoms. The molecule has 2 heterocycles. The molecule has 2 aromatic carbocycles. The number of urea groups is 1. The Morgan fingerprint density at radius 1 is 1.15 bits per heavy atom. The molecule has 2 aliphatic heterocycles. The molecule has 1 fully saturated rings. The first-order valence-electron chi connectivity index (χ1n) is 10.2. The van der Waals surface area contributed by atoms with Crippen LogP contribution in [0.15, 0.2) is 47.5 Å². The number of amides is 4. The van der Waals surface area contributed by atoms with Crippen LogP contribution in [-0.2, 0) is 16.1 Å². The molecule has 0 spiro atoms. The molecule has 0 unspecified atom stereocenters. The van der Waals surface area contributed by atoms with Gasteiger partial charge in [-0.1, -0.05) is 30.0 Å². The molecule has 168 valence electrons. The lowest BCUT2D eigenvalue weighted by Crippen LogP contribution is -2.54. The average molecular weight is 446 g/mol. The van der Waals surface area contributed by atoms with Crippen molar-refractivity contribution >= 4 is 24.1 Å². The Balaban J connectivity index is 1.57. The van der Waals surface area contributed by atoms with Gasteiger partial charge in [-0.3, -0.25) is 19.9 Å². The van der Waals surface area contributed by atoms with E-state index in [-0.39, 0.29) is 19.2 Å². The Hall–Kier alpha value is -4.16. The van der Waals surface area contributed by atoms with Crippen LogP contribution in [0.1, 0.15) is 27.0 Å². The Labute approximate surface area is 190 Å². The predicted molar refractivity (Wildman–Crippen MR) is 120 cm³/mol. The van der Waals surface area contributed by atoms with Crippen LogP contribution >= 0.6 is 0 Å². The Morgan fingerprint density at radius 3 is 2.61 bits per heavy atom. The number of fused-ring (bicyclic) bond motifs is 1. The lowest BCUT2D eigenvalue weighted by molar-refractivity contribution is -0.122. The maximum Gasteiger partial charge on any atom is 0.323 e. The number of carbonyl (C=O) groups is 3. The lowest BCUT2D eigenvalue weighted by atomic mass is 9.99. The second kappa shape index (κ2) is 9.14. The van der Waals surface area contributed by atoms with Crippen molar-refractivity contribution < 1.29 is 23.9 Å². The van der Waals surface area contributed by atoms with Crippen LogP contribution in [0.4, 0.5) is 4.79 Å². The van der Waals surface area contributed by atoms with Crippen molar-refractivity contribution in [3.8, 4) is 17.6 Å². The highest BCUT2D eigenvalue weighted by Gasteiger charge is 2.48. The number of nitrogens with one attached hydrogen (secondary N) is 2. The zero-order valence-corrected chi connectivity index (χ0v) is 18.2. The number of nitrogens with zero attached hydrogens (tertiary/aromatic N) is 2. The van der Waals surface area contributed by atoms with Gasteiger partial charge in [0.05, 0.1) is 13.7 Å². The van der Waals surface area contributed by atoms with Gasteiger partial charge in [-0.05, 0) is 35.4 Å². The number of methoxy groups -OCH3 is 2. The summed E-state index contributed by atoms with van der Waals surface area (Å²) in [5.74, 6) is 5.57. The number of rotatable bonds is 6. The van der Waals surface area contributed by atoms with E-state index >= 15 is 0 Å². The van der Waals surface area contributed by atoms with E-state index in [4.69, 9.17) is 9.47 Å². The van der Waals surface area contributed by atoms with Crippen molar-refractivity contribution in [1.82, 2.24) is 15.5 Å². The monoisotopic (exact) mass is 446 g/mol. The van der Waals surface area contributed by atoms with Crippen molar-refractivity contribution in [2.45, 2.75) is 12.1 Å². The first kappa shape index (κ1) is 22.0. The lowest BCUT2D eigenvalue weighted by Gasteiger charge is -2.26. The van der Waals surface area contributed by atoms with Crippen LogP contribution in [0, 0.1) is 11.8 Å². The van der Waals surface area contributed by atoms with E-state index in [1.54, 1.807) is 37.6 Å². The SMILES string of the molecule is COC/N=C/c1ccc(C#C[C@]2(CN3Cc4ccc(OC)cc4C3=O)NC(=O)NC2=O)cc1. The maximum atomic E-state index is 13.0. The second-order valence-corrected chi connectivity index (χ2v) is 7.60. The van der Waals surface area contributed by atoms with E-state index < -0.39 is 17.5 Å². The van der Waals surface area contributed by atoms with Gasteiger partial charge in [0.25, 0.3) is 11.8 Å². The molecule has 33 heavy (non-hydrogen) atoms. The molecular weight excluding hydrogens is 424 g/mol. The largest absolute Gasteiger partial charge is 0.497 e. The number of ether oxygens (including phenoxy) is 2. The minimum absolute atomic E-state index is 0.0881. The second-order valence-electron chi connectivity index (χ2n) is 7.60. The van der Waals surface area contributed by atoms with Crippen molar-refractivity contribution in [1.29, 1.82) is 0 Å². The van der Waals surface area contributed by atoms with Gasteiger partial charge in [0, 0.05) is 31.0 Å². The standard InChI is InChI=1S/C24H22N4O5/c1-32-15-25-12-17-5-3-16(4-6-17)9-10-24(22(30)26-23(31)27-24)14-28-13-18-7-8-19(33-2)11-20(18)21(28)29/h3-8,11-12H,13-15H2,1-2H3,(H2,26,27,30,31)/b25-12+/t24-/m1/s1. The topological polar surface area (TPSA) is 109 Å². The molecule has 4 rings (SSSR count). The summed E-state index contributed by atoms with van der Waals surface area (Å²) in [7, 11) is 3.09. The number of carbonyl (C=O) groups excluding carboxylic acids is 3. The molecule has 0 bridgehead atoms. The van der Waals surface area contributed by atoms with E-state index in [0.29, 0.717) is 23.4 Å². The third kappa shape index (κ3) is 4.56. The van der Waals surface area contributed by atoms with Crippen molar-refractivity contribution in [2.24, 2.45) is 4.99 Å². The van der Waals surface area contributed by atoms with Crippen LogP contribution in [0.3, 0.4) is 0 Å². The zero-order valence-electron chi connectivity index (χ0n) is 18.2. The number of imide groups is 1. The van der Waals surface area contributed by atoms with Gasteiger partial charge >= 0.3 is 6.03 Å². The van der Waals surface area contributed by atoms with E-state index in [2.05, 4.69) is 27.5 Å². The Morgan fingerprint density at radius 2 is 1.94 bits per heavy atom. The van der Waals surface area contributed by atoms with Crippen LogP contribution in [-0.4, -0.2) is 62.0 Å². The number of hydrogen-bond acceptors (Lipinski definition) is 6. The summed E-state index contributed by atoms with van der Waals surface area (Å²) in [6.07, 6.45) is 1.68. The highest BCUT2D eigenvalue weighted by Crippen LogP contribution is 2.28. The van der Waals surface area contributed by atoms with Gasteiger partial charge in [-0.25, -0.2) is 4.79 Å². The van der Waals surface area contributed by atoms with Gasteiger partial charge in [-0.2, -0.15) is 0 Å². The van der Waals surface area contributed by atoms with Gasteiger partial charge in [0.15, 0.2) is 0 Å². The third-order valence-electron chi connectivity index (χ3n) is 5.34. The fourth-order valence-corrected chi connectivity index (χ4v) is 3.66. The highest BCUT2D eigenvalue weighted by atomic mass is 16.5. The first-order valence-corrected chi connectivity index (χ1v) is 10.2. The molecule has 1 atom stereocenters. The van der Waals surface area contributed by atoms with Gasteiger partial charge in [0.1, 0.15) is 12.5 Å². The van der Waals surface area contributed by atoms with Crippen molar-refractivity contribution in [3.05, 3.63) is 64.7 Å². The molecule has 0 saturated carbocycles. The summed E-state index contributed by atoms with van der Waals surface area (Å²) in [5, 5.41) is 4.83. The highest BCUT2D eigenvalue weighted by molar-refractivity contribution is 6.10. The van der Waals surface area contributed by atoms with E-state index in [9.17, 15) is 14.4 Å². The van der Waals surface area contributed by atoms with Gasteiger partial charge in [-0.15, -0.1) is 0 Å². The first-order chi connectivity index (χ1) is 15.9. The number of benzene rings is 2. The number of aliphatic imine (C=N–C) groups is 1. The molecule has 0 radical (unpaired) electrons. The van der Waals surface area contributed by atoms with E-state index in [1.165, 1.54) is 12.0 Å². The average Bonchev–Trinajstić information content (AvgIpc) is 3.27. The fraction of sp³-hybridized carbons (Fsp3) is 0.250. The maximum absolute atomic E-state index is 13.0. The summed E-state index contributed by atoms with van der Waals surface area (Å²) in [6.45, 7) is 0.486. The van der Waals surface area contributed by atoms with Crippen LogP contribution in [0.2, 0.25) is 0 Å². The molecule has 2 aromatic rings. The quantitative estimate of drug-likeness (QED) is 0.395. The van der Waals surface area contributed by atoms with Gasteiger partial charge in [0.2, 0.25) is 5.54 Å². The smallest absolute Gasteiger partial charge is 0.323 e. The third-order valence-corrected chi connectivity index (χ3v) is 5.34. The fourth-order valence-electron chi connectivity index (χ4n) is 3.66. The summed E-state index contributed by atoms with van der Waals surface area (Å²) in [4.78, 5) is 43.2. The molecule has 2 N–H and O–H groups in total. The van der Waals surface area contributed by atoms with Crippen molar-refractivity contribution in [2.75, 3.05) is 27.5 Å². The molecule has 4 amide bonds. The van der Waals surface area contributed by atoms with Crippen LogP contribution < -0.4 is 15.4 Å².